The van der Waals surface area contributed by atoms with Crippen LogP contribution >= 0.6 is 43.1 Å². The highest BCUT2D eigenvalue weighted by Gasteiger charge is 2.41. The molecule has 0 saturated heterocycles. The van der Waals surface area contributed by atoms with Crippen LogP contribution in [0, 0.1) is 0 Å². The Bertz CT molecular complexity index is 1760. The number of phosphoric ester groups is 1. The Balaban J connectivity index is 2.11. The Morgan fingerprint density at radius 1 is 0.456 bits per heavy atom. The normalized spacial score (nSPS) is 15.1. The van der Waals surface area contributed by atoms with E-state index in [1.807, 2.05) is 91.6 Å². The minimum Gasteiger partial charge on any atom is -0.347 e. The molecular weight excluding hydrogens is 930 g/mol. The van der Waals surface area contributed by atoms with Crippen molar-refractivity contribution in [3.63, 3.8) is 0 Å². The monoisotopic (exact) mass is 1010 g/mol. The largest absolute Gasteiger partial charge is 0.475 e. The van der Waals surface area contributed by atoms with E-state index in [2.05, 4.69) is 36.7 Å². The Morgan fingerprint density at radius 2 is 0.721 bits per heavy atom. The summed E-state index contributed by atoms with van der Waals surface area (Å²) in [4.78, 5) is 44.1. The van der Waals surface area contributed by atoms with Crippen molar-refractivity contribution in [2.75, 3.05) is 18.8 Å². The van der Waals surface area contributed by atoms with Crippen LogP contribution < -0.4 is 16.0 Å². The van der Waals surface area contributed by atoms with Crippen molar-refractivity contribution in [2.45, 2.75) is 208 Å². The molecule has 0 saturated carbocycles. The summed E-state index contributed by atoms with van der Waals surface area (Å²) in [5.41, 5.74) is 2.35. The SMILES string of the molecule is CCCCCCCC(=O)NC(c1cccc(SC)c1)C(C)OP(=O)(OC(C)C(NC(=O)CCCCCCC)c1cccc(SC)c1)OC(C)C(NC(=O)CCCCCCC)c1cccc(SC)c1. The van der Waals surface area contributed by atoms with Crippen LogP contribution in [-0.2, 0) is 32.5 Å². The Labute approximate surface area is 423 Å². The molecule has 3 aromatic carbocycles. The molecule has 380 valence electrons. The summed E-state index contributed by atoms with van der Waals surface area (Å²) in [7, 11) is -4.67. The average molecular weight is 1010 g/mol. The van der Waals surface area contributed by atoms with E-state index in [4.69, 9.17) is 13.6 Å². The molecule has 0 spiro atoms. The van der Waals surface area contributed by atoms with Gasteiger partial charge in [-0.25, -0.2) is 4.57 Å². The van der Waals surface area contributed by atoms with Crippen molar-refractivity contribution < 1.29 is 32.5 Å². The second-order valence-electron chi connectivity index (χ2n) is 17.8. The minimum atomic E-state index is -4.67. The van der Waals surface area contributed by atoms with Gasteiger partial charge in [-0.3, -0.25) is 28.0 Å². The Morgan fingerprint density at radius 3 is 0.971 bits per heavy atom. The van der Waals surface area contributed by atoms with E-state index in [0.29, 0.717) is 19.3 Å². The topological polar surface area (TPSA) is 132 Å². The van der Waals surface area contributed by atoms with Gasteiger partial charge in [-0.15, -0.1) is 35.3 Å². The molecule has 14 heteroatoms. The summed E-state index contributed by atoms with van der Waals surface area (Å²) in [6, 6.07) is 21.5. The Kier molecular flexibility index (Phi) is 29.5. The summed E-state index contributed by atoms with van der Waals surface area (Å²) >= 11 is 4.76. The third-order valence-corrected chi connectivity index (χ3v) is 16.1. The van der Waals surface area contributed by atoms with E-state index >= 15 is 4.57 Å². The standard InChI is InChI=1S/C54H84N3O7PS3/c1-10-13-16-19-22-34-49(58)55-52(43-28-25-31-46(37-43)66-7)40(4)62-65(61,63-41(5)53(44-29-26-32-47(38-44)67-8)56-50(59)35-23-20-17-14-11-2)64-42(6)54(45-30-27-33-48(39-45)68-9)57-51(60)36-24-21-18-15-12-3/h25-33,37-42,52-54H,10-24,34-36H2,1-9H3,(H,55,58)(H,56,59)(H,57,60). The lowest BCUT2D eigenvalue weighted by Crippen LogP contribution is -2.39. The van der Waals surface area contributed by atoms with Gasteiger partial charge in [0.15, 0.2) is 0 Å². The number of benzene rings is 3. The first-order valence-electron chi connectivity index (χ1n) is 25.2. The molecule has 0 aromatic heterocycles. The van der Waals surface area contributed by atoms with Gasteiger partial charge in [0.05, 0.1) is 36.4 Å². The number of amides is 3. The van der Waals surface area contributed by atoms with Gasteiger partial charge in [-0.05, 0) is 112 Å². The third-order valence-electron chi connectivity index (χ3n) is 12.1. The molecule has 0 bridgehead atoms. The van der Waals surface area contributed by atoms with Gasteiger partial charge < -0.3 is 16.0 Å². The molecule has 68 heavy (non-hydrogen) atoms. The lowest BCUT2D eigenvalue weighted by atomic mass is 10.0. The van der Waals surface area contributed by atoms with E-state index in [1.54, 1.807) is 56.1 Å². The first kappa shape index (κ1) is 59.5. The first-order valence-corrected chi connectivity index (χ1v) is 30.4. The van der Waals surface area contributed by atoms with Gasteiger partial charge in [0.2, 0.25) is 17.7 Å². The van der Waals surface area contributed by atoms with Crippen LogP contribution in [0.4, 0.5) is 0 Å². The predicted octanol–water partition coefficient (Wildman–Crippen LogP) is 15.1. The fourth-order valence-electron chi connectivity index (χ4n) is 8.19. The smallest absolute Gasteiger partial charge is 0.347 e. The highest BCUT2D eigenvalue weighted by molar-refractivity contribution is 7.99. The van der Waals surface area contributed by atoms with Crippen molar-refractivity contribution in [1.82, 2.24) is 16.0 Å². The molecule has 6 unspecified atom stereocenters. The number of hydrogen-bond donors (Lipinski definition) is 3. The predicted molar refractivity (Wildman–Crippen MR) is 287 cm³/mol. The van der Waals surface area contributed by atoms with E-state index in [-0.39, 0.29) is 17.7 Å². The average Bonchev–Trinajstić information content (AvgIpc) is 3.33. The molecule has 3 rings (SSSR count). The molecule has 6 atom stereocenters. The molecule has 0 aliphatic rings. The van der Waals surface area contributed by atoms with Gasteiger partial charge in [0.1, 0.15) is 0 Å². The third kappa shape index (κ3) is 22.1. The number of hydrogen-bond acceptors (Lipinski definition) is 10. The number of carbonyl (C=O) groups is 3. The Hall–Kier alpha value is -2.77. The molecule has 0 heterocycles. The van der Waals surface area contributed by atoms with E-state index in [0.717, 1.165) is 128 Å². The highest BCUT2D eigenvalue weighted by atomic mass is 32.2. The number of thioether (sulfide) groups is 3. The molecule has 0 aliphatic carbocycles. The molecule has 3 aromatic rings. The van der Waals surface area contributed by atoms with Crippen molar-refractivity contribution in [2.24, 2.45) is 0 Å². The maximum absolute atomic E-state index is 15.9. The molecule has 0 aliphatic heterocycles. The van der Waals surface area contributed by atoms with Crippen LogP contribution in [0.15, 0.2) is 87.5 Å². The van der Waals surface area contributed by atoms with Crippen molar-refractivity contribution >= 4 is 60.8 Å². The maximum atomic E-state index is 15.9. The molecule has 0 radical (unpaired) electrons. The fraction of sp³-hybridized carbons (Fsp3) is 0.611. The first-order chi connectivity index (χ1) is 32.8. The fourth-order valence-corrected chi connectivity index (χ4v) is 11.3. The second kappa shape index (κ2) is 33.7. The molecule has 10 nitrogen and oxygen atoms in total. The van der Waals surface area contributed by atoms with Crippen LogP contribution in [0.5, 0.6) is 0 Å². The van der Waals surface area contributed by atoms with Crippen LogP contribution in [0.1, 0.15) is 192 Å². The summed E-state index contributed by atoms with van der Waals surface area (Å²) < 4.78 is 35.9. The number of nitrogens with one attached hydrogen (secondary N) is 3. The van der Waals surface area contributed by atoms with Gasteiger partial charge in [0.25, 0.3) is 0 Å². The quantitative estimate of drug-likeness (QED) is 0.0294. The van der Waals surface area contributed by atoms with Crippen molar-refractivity contribution in [3.8, 4) is 0 Å². The summed E-state index contributed by atoms with van der Waals surface area (Å²) in [6.45, 7) is 11.8. The molecule has 3 amide bonds. The lowest BCUT2D eigenvalue weighted by molar-refractivity contribution is -0.123. The van der Waals surface area contributed by atoms with Gasteiger partial charge in [-0.2, -0.15) is 0 Å². The van der Waals surface area contributed by atoms with Gasteiger partial charge in [-0.1, -0.05) is 134 Å². The highest BCUT2D eigenvalue weighted by Crippen LogP contribution is 2.56. The maximum Gasteiger partial charge on any atom is 0.475 e. The summed E-state index contributed by atoms with van der Waals surface area (Å²) in [5, 5.41) is 9.66. The van der Waals surface area contributed by atoms with E-state index in [9.17, 15) is 14.4 Å². The zero-order valence-corrected chi connectivity index (χ0v) is 46.0. The van der Waals surface area contributed by atoms with Gasteiger partial charge >= 0.3 is 7.82 Å². The van der Waals surface area contributed by atoms with E-state index in [1.165, 1.54) is 0 Å². The second-order valence-corrected chi connectivity index (χ2v) is 22.0. The van der Waals surface area contributed by atoms with Crippen molar-refractivity contribution in [3.05, 3.63) is 89.5 Å². The summed E-state index contributed by atoms with van der Waals surface area (Å²) in [6.07, 6.45) is 19.3. The molecule has 0 fully saturated rings. The molecule has 3 N–H and O–H groups in total. The van der Waals surface area contributed by atoms with E-state index < -0.39 is 44.3 Å². The zero-order valence-electron chi connectivity index (χ0n) is 42.6. The number of carbonyl (C=O) groups excluding carboxylic acids is 3. The number of phosphoric acid groups is 1. The number of rotatable bonds is 36. The van der Waals surface area contributed by atoms with Crippen LogP contribution in [0.3, 0.4) is 0 Å². The minimum absolute atomic E-state index is 0.132. The van der Waals surface area contributed by atoms with Crippen LogP contribution in [-0.4, -0.2) is 54.8 Å². The van der Waals surface area contributed by atoms with Crippen LogP contribution in [0.2, 0.25) is 0 Å². The molecular formula is C54H84N3O7PS3. The summed E-state index contributed by atoms with van der Waals surface area (Å²) in [5.74, 6) is -0.397. The van der Waals surface area contributed by atoms with Crippen molar-refractivity contribution in [1.29, 1.82) is 0 Å². The number of unbranched alkanes of at least 4 members (excludes halogenated alkanes) is 12. The van der Waals surface area contributed by atoms with Gasteiger partial charge in [0, 0.05) is 33.9 Å². The lowest BCUT2D eigenvalue weighted by Gasteiger charge is -2.35. The zero-order chi connectivity index (χ0) is 49.7. The van der Waals surface area contributed by atoms with Crippen LogP contribution in [0.25, 0.3) is 0 Å².